The molecule has 0 heterocycles. The molecule has 0 fully saturated rings. The molecule has 0 aliphatic rings. The predicted octanol–water partition coefficient (Wildman–Crippen LogP) is 3.90. The molecule has 3 amide bonds. The number of anilines is 1. The number of hydrazine groups is 1. The minimum atomic E-state index is -0.484. The van der Waals surface area contributed by atoms with Crippen molar-refractivity contribution >= 4 is 23.4 Å². The maximum Gasteiger partial charge on any atom is 0.276 e. The van der Waals surface area contributed by atoms with E-state index >= 15 is 0 Å². The molecule has 0 aromatic heterocycles. The van der Waals surface area contributed by atoms with Crippen LogP contribution in [-0.2, 0) is 4.79 Å². The van der Waals surface area contributed by atoms with Gasteiger partial charge in [0.2, 0.25) is 0 Å². The topological polar surface area (TPSA) is 96.5 Å². The monoisotopic (exact) mass is 431 g/mol. The molecule has 0 bridgehead atoms. The van der Waals surface area contributed by atoms with Crippen LogP contribution in [0, 0.1) is 0 Å². The second kappa shape index (κ2) is 10.8. The normalized spacial score (nSPS) is 10.3. The maximum absolute atomic E-state index is 12.3. The lowest BCUT2D eigenvalue weighted by Gasteiger charge is -2.14. The number of para-hydroxylation sites is 1. The van der Waals surface area contributed by atoms with Crippen molar-refractivity contribution in [1.29, 1.82) is 0 Å². The average molecular weight is 431 g/mol. The minimum absolute atomic E-state index is 0.228. The first kappa shape index (κ1) is 22.6. The maximum atomic E-state index is 12.3. The van der Waals surface area contributed by atoms with E-state index in [1.54, 1.807) is 54.6 Å². The third kappa shape index (κ3) is 6.18. The second-order valence-electron chi connectivity index (χ2n) is 7.38. The van der Waals surface area contributed by atoms with Gasteiger partial charge in [0.05, 0.1) is 0 Å². The number of nitrogens with one attached hydrogen (secondary N) is 3. The molecule has 0 unspecified atom stereocenters. The first-order valence-electron chi connectivity index (χ1n) is 10.2. The van der Waals surface area contributed by atoms with Gasteiger partial charge >= 0.3 is 0 Å². The lowest BCUT2D eigenvalue weighted by atomic mass is 10.0. The number of benzene rings is 3. The Morgan fingerprint density at radius 1 is 0.750 bits per heavy atom. The molecule has 3 aromatic carbocycles. The number of carbonyl (C=O) groups excluding carboxylic acids is 3. The van der Waals surface area contributed by atoms with Gasteiger partial charge in [-0.05, 0) is 53.9 Å². The third-order valence-corrected chi connectivity index (χ3v) is 4.66. The molecular weight excluding hydrogens is 406 g/mol. The van der Waals surface area contributed by atoms with Crippen LogP contribution in [0.25, 0.3) is 0 Å². The smallest absolute Gasteiger partial charge is 0.276 e. The van der Waals surface area contributed by atoms with Crippen LogP contribution in [0.4, 0.5) is 5.69 Å². The second-order valence-corrected chi connectivity index (χ2v) is 7.38. The number of hydrogen-bond donors (Lipinski definition) is 3. The van der Waals surface area contributed by atoms with E-state index in [1.165, 1.54) is 0 Å². The Hall–Kier alpha value is -4.13. The first-order chi connectivity index (χ1) is 15.4. The molecule has 0 spiro atoms. The van der Waals surface area contributed by atoms with Gasteiger partial charge in [0.1, 0.15) is 5.75 Å². The molecule has 7 nitrogen and oxygen atoms in total. The number of rotatable bonds is 7. The van der Waals surface area contributed by atoms with Gasteiger partial charge in [-0.3, -0.25) is 25.2 Å². The highest BCUT2D eigenvalue weighted by atomic mass is 16.5. The lowest BCUT2D eigenvalue weighted by Crippen LogP contribution is -2.43. The fourth-order valence-electron chi connectivity index (χ4n) is 2.96. The Morgan fingerprint density at radius 3 is 2.06 bits per heavy atom. The fraction of sp³-hybridized carbons (Fsp3) is 0.160. The summed E-state index contributed by atoms with van der Waals surface area (Å²) in [6.45, 7) is 3.86. The van der Waals surface area contributed by atoms with Crippen LogP contribution >= 0.6 is 0 Å². The zero-order chi connectivity index (χ0) is 22.9. The van der Waals surface area contributed by atoms with Crippen LogP contribution in [0.15, 0.2) is 78.9 Å². The van der Waals surface area contributed by atoms with Crippen molar-refractivity contribution in [3.8, 4) is 5.75 Å². The van der Waals surface area contributed by atoms with E-state index in [4.69, 9.17) is 4.74 Å². The molecule has 7 heteroatoms. The van der Waals surface area contributed by atoms with Crippen LogP contribution in [-0.4, -0.2) is 24.3 Å². The number of ether oxygens (including phenoxy) is 1. The van der Waals surface area contributed by atoms with Crippen LogP contribution in [0.3, 0.4) is 0 Å². The summed E-state index contributed by atoms with van der Waals surface area (Å²) in [7, 11) is 0. The van der Waals surface area contributed by atoms with Gasteiger partial charge < -0.3 is 10.1 Å². The van der Waals surface area contributed by atoms with E-state index in [9.17, 15) is 14.4 Å². The minimum Gasteiger partial charge on any atom is -0.483 e. The van der Waals surface area contributed by atoms with Gasteiger partial charge in [-0.25, -0.2) is 0 Å². The molecule has 0 saturated carbocycles. The van der Waals surface area contributed by atoms with E-state index in [-0.39, 0.29) is 18.4 Å². The summed E-state index contributed by atoms with van der Waals surface area (Å²) in [5, 5.41) is 2.76. The van der Waals surface area contributed by atoms with Crippen molar-refractivity contribution < 1.29 is 19.1 Å². The predicted molar refractivity (Wildman–Crippen MR) is 122 cm³/mol. The SMILES string of the molecule is CC(C)c1ccccc1OCC(=O)NNC(=O)c1ccc(NC(=O)c2ccccc2)cc1. The third-order valence-electron chi connectivity index (χ3n) is 4.66. The zero-order valence-electron chi connectivity index (χ0n) is 17.9. The van der Waals surface area contributed by atoms with Crippen molar-refractivity contribution in [2.75, 3.05) is 11.9 Å². The molecule has 3 rings (SSSR count). The molecule has 0 aliphatic carbocycles. The highest BCUT2D eigenvalue weighted by Gasteiger charge is 2.11. The van der Waals surface area contributed by atoms with Crippen molar-refractivity contribution in [1.82, 2.24) is 10.9 Å². The lowest BCUT2D eigenvalue weighted by molar-refractivity contribution is -0.123. The van der Waals surface area contributed by atoms with E-state index < -0.39 is 11.8 Å². The van der Waals surface area contributed by atoms with Gasteiger partial charge in [0, 0.05) is 16.8 Å². The highest BCUT2D eigenvalue weighted by Crippen LogP contribution is 2.25. The van der Waals surface area contributed by atoms with Crippen LogP contribution < -0.4 is 20.9 Å². The Labute approximate surface area is 186 Å². The summed E-state index contributed by atoms with van der Waals surface area (Å²) in [6, 6.07) is 22.7. The van der Waals surface area contributed by atoms with Gasteiger partial charge in [0.15, 0.2) is 6.61 Å². The summed E-state index contributed by atoms with van der Waals surface area (Å²) < 4.78 is 5.58. The number of hydrogen-bond acceptors (Lipinski definition) is 4. The summed E-state index contributed by atoms with van der Waals surface area (Å²) in [5.41, 5.74) is 7.11. The Bertz CT molecular complexity index is 1080. The molecule has 32 heavy (non-hydrogen) atoms. The average Bonchev–Trinajstić information content (AvgIpc) is 2.82. The van der Waals surface area contributed by atoms with Crippen LogP contribution in [0.5, 0.6) is 5.75 Å². The highest BCUT2D eigenvalue weighted by molar-refractivity contribution is 6.04. The quantitative estimate of drug-likeness (QED) is 0.494. The molecular formula is C25H25N3O4. The summed E-state index contributed by atoms with van der Waals surface area (Å²) in [4.78, 5) is 36.5. The Kier molecular flexibility index (Phi) is 7.59. The largest absolute Gasteiger partial charge is 0.483 e. The Balaban J connectivity index is 1.47. The van der Waals surface area contributed by atoms with E-state index in [2.05, 4.69) is 16.2 Å². The molecule has 0 aliphatic heterocycles. The summed E-state index contributed by atoms with van der Waals surface area (Å²) >= 11 is 0. The molecule has 3 N–H and O–H groups in total. The standard InChI is InChI=1S/C25H25N3O4/c1-17(2)21-10-6-7-11-22(21)32-16-23(29)27-28-25(31)19-12-14-20(15-13-19)26-24(30)18-8-4-3-5-9-18/h3-15,17H,16H2,1-2H3,(H,26,30)(H,27,29)(H,28,31). The summed E-state index contributed by atoms with van der Waals surface area (Å²) in [5.74, 6) is -0.314. The van der Waals surface area contributed by atoms with Crippen molar-refractivity contribution in [2.45, 2.75) is 19.8 Å². The van der Waals surface area contributed by atoms with Crippen LogP contribution in [0.1, 0.15) is 46.0 Å². The van der Waals surface area contributed by atoms with Gasteiger partial charge in [0.25, 0.3) is 17.7 Å². The number of amides is 3. The van der Waals surface area contributed by atoms with Crippen molar-refractivity contribution in [3.63, 3.8) is 0 Å². The fourth-order valence-corrected chi connectivity index (χ4v) is 2.96. The molecule has 3 aromatic rings. The van der Waals surface area contributed by atoms with Gasteiger partial charge in [-0.1, -0.05) is 50.2 Å². The van der Waals surface area contributed by atoms with Crippen LogP contribution in [0.2, 0.25) is 0 Å². The van der Waals surface area contributed by atoms with Crippen molar-refractivity contribution in [2.24, 2.45) is 0 Å². The molecule has 164 valence electrons. The Morgan fingerprint density at radius 2 is 1.38 bits per heavy atom. The van der Waals surface area contributed by atoms with Crippen molar-refractivity contribution in [3.05, 3.63) is 95.6 Å². The summed E-state index contributed by atoms with van der Waals surface area (Å²) in [6.07, 6.45) is 0. The van der Waals surface area contributed by atoms with E-state index in [1.807, 2.05) is 38.1 Å². The molecule has 0 saturated heterocycles. The molecule has 0 atom stereocenters. The first-order valence-corrected chi connectivity index (χ1v) is 10.2. The van der Waals surface area contributed by atoms with E-state index in [0.717, 1.165) is 5.56 Å². The number of carbonyl (C=O) groups is 3. The van der Waals surface area contributed by atoms with Gasteiger partial charge in [-0.2, -0.15) is 0 Å². The van der Waals surface area contributed by atoms with Gasteiger partial charge in [-0.15, -0.1) is 0 Å². The zero-order valence-corrected chi connectivity index (χ0v) is 17.9. The molecule has 0 radical (unpaired) electrons. The van der Waals surface area contributed by atoms with E-state index in [0.29, 0.717) is 22.6 Å².